The molecule has 0 aliphatic heterocycles. The average Bonchev–Trinajstić information content (AvgIpc) is 3.28. The summed E-state index contributed by atoms with van der Waals surface area (Å²) in [6.45, 7) is 6.10. The molecule has 1 heterocycles. The first kappa shape index (κ1) is 29.9. The van der Waals surface area contributed by atoms with Crippen molar-refractivity contribution >= 4 is 46.5 Å². The molecular formula is C27H38N10O3. The molecule has 0 unspecified atom stereocenters. The quantitative estimate of drug-likeness (QED) is 0.0953. The molecule has 0 atom stereocenters. The number of imidazole rings is 1. The van der Waals surface area contributed by atoms with Crippen molar-refractivity contribution in [2.75, 3.05) is 36.8 Å². The Balaban J connectivity index is 1.73. The lowest BCUT2D eigenvalue weighted by molar-refractivity contribution is 0.0953. The van der Waals surface area contributed by atoms with E-state index in [-0.39, 0.29) is 11.9 Å². The molecule has 13 nitrogen and oxygen atoms in total. The van der Waals surface area contributed by atoms with Gasteiger partial charge < -0.3 is 37.7 Å². The van der Waals surface area contributed by atoms with Crippen molar-refractivity contribution in [3.05, 3.63) is 53.1 Å². The molecule has 214 valence electrons. The van der Waals surface area contributed by atoms with Crippen LogP contribution in [0.4, 0.5) is 16.4 Å². The normalized spacial score (nSPS) is 10.7. The lowest BCUT2D eigenvalue weighted by atomic mass is 10.1. The summed E-state index contributed by atoms with van der Waals surface area (Å²) in [5.41, 5.74) is 19.4. The zero-order valence-electron chi connectivity index (χ0n) is 22.9. The highest BCUT2D eigenvalue weighted by Gasteiger charge is 2.19. The predicted molar refractivity (Wildman–Crippen MR) is 157 cm³/mol. The van der Waals surface area contributed by atoms with E-state index < -0.39 is 11.9 Å². The van der Waals surface area contributed by atoms with E-state index in [9.17, 15) is 14.4 Å². The number of para-hydroxylation sites is 1. The number of benzene rings is 2. The fraction of sp³-hybridized carbons (Fsp3) is 0.370. The number of nitrogens with zero attached hydrogens (tertiary/aromatic N) is 3. The minimum atomic E-state index is -0.410. The first-order chi connectivity index (χ1) is 19.2. The first-order valence-electron chi connectivity index (χ1n) is 13.2. The third-order valence-corrected chi connectivity index (χ3v) is 6.13. The van der Waals surface area contributed by atoms with Gasteiger partial charge in [-0.2, -0.15) is 0 Å². The van der Waals surface area contributed by atoms with Crippen LogP contribution in [-0.4, -0.2) is 59.5 Å². The number of unbranched alkanes of at least 4 members (excludes halogenated alkanes) is 1. The van der Waals surface area contributed by atoms with Gasteiger partial charge in [0.25, 0.3) is 11.8 Å². The van der Waals surface area contributed by atoms with E-state index in [1.54, 1.807) is 41.0 Å². The molecule has 0 saturated heterocycles. The number of carbonyl (C=O) groups is 3. The monoisotopic (exact) mass is 550 g/mol. The topological polar surface area (TPSA) is 208 Å². The molecule has 0 aliphatic carbocycles. The Morgan fingerprint density at radius 1 is 0.975 bits per heavy atom. The van der Waals surface area contributed by atoms with E-state index in [0.717, 1.165) is 18.4 Å². The smallest absolute Gasteiger partial charge is 0.319 e. The Morgan fingerprint density at radius 3 is 2.48 bits per heavy atom. The molecule has 4 amide bonds. The van der Waals surface area contributed by atoms with E-state index in [0.29, 0.717) is 72.9 Å². The van der Waals surface area contributed by atoms with E-state index in [2.05, 4.69) is 31.2 Å². The van der Waals surface area contributed by atoms with Crippen LogP contribution in [0.1, 0.15) is 52.5 Å². The zero-order valence-corrected chi connectivity index (χ0v) is 22.9. The van der Waals surface area contributed by atoms with Crippen LogP contribution in [0, 0.1) is 6.92 Å². The summed E-state index contributed by atoms with van der Waals surface area (Å²) in [5, 5.41) is 11.3. The number of aliphatic imine (C=N–C) groups is 1. The van der Waals surface area contributed by atoms with Gasteiger partial charge in [-0.3, -0.25) is 19.9 Å². The van der Waals surface area contributed by atoms with Gasteiger partial charge in [-0.05, 0) is 69.5 Å². The van der Waals surface area contributed by atoms with Crippen LogP contribution >= 0.6 is 0 Å². The lowest BCUT2D eigenvalue weighted by Crippen LogP contribution is -2.30. The number of nitrogens with one attached hydrogen (secondary N) is 4. The van der Waals surface area contributed by atoms with Gasteiger partial charge in [0.05, 0.1) is 16.6 Å². The van der Waals surface area contributed by atoms with Crippen molar-refractivity contribution in [1.29, 1.82) is 0 Å². The van der Waals surface area contributed by atoms with E-state index in [1.807, 2.05) is 13.8 Å². The van der Waals surface area contributed by atoms with Crippen molar-refractivity contribution in [3.8, 4) is 0 Å². The SMILES string of the molecule is CCn1c(NC(=O)c2ccc(C)c(NC(=O)NCCCN=C(N)N)c2)nc2cccc(C(=O)NCCCCN)c21. The number of hydrogen-bond acceptors (Lipinski definition) is 6. The Hall–Kier alpha value is -4.65. The number of nitrogens with two attached hydrogens (primary N) is 3. The largest absolute Gasteiger partial charge is 0.370 e. The van der Waals surface area contributed by atoms with Crippen LogP contribution in [0.25, 0.3) is 11.0 Å². The number of urea groups is 1. The van der Waals surface area contributed by atoms with Crippen molar-refractivity contribution < 1.29 is 14.4 Å². The number of guanidine groups is 1. The van der Waals surface area contributed by atoms with Crippen LogP contribution in [0.15, 0.2) is 41.4 Å². The Labute approximate surface area is 233 Å². The Morgan fingerprint density at radius 2 is 1.75 bits per heavy atom. The molecule has 0 aliphatic rings. The van der Waals surface area contributed by atoms with Crippen LogP contribution in [0.3, 0.4) is 0 Å². The molecule has 1 aromatic heterocycles. The number of anilines is 2. The lowest BCUT2D eigenvalue weighted by Gasteiger charge is -2.13. The number of aromatic nitrogens is 2. The molecular weight excluding hydrogens is 512 g/mol. The van der Waals surface area contributed by atoms with E-state index in [4.69, 9.17) is 17.2 Å². The second-order valence-electron chi connectivity index (χ2n) is 9.13. The maximum atomic E-state index is 13.2. The molecule has 40 heavy (non-hydrogen) atoms. The van der Waals surface area contributed by atoms with Crippen molar-refractivity contribution in [3.63, 3.8) is 0 Å². The molecule has 13 heteroatoms. The maximum Gasteiger partial charge on any atom is 0.319 e. The number of hydrogen-bond donors (Lipinski definition) is 7. The zero-order chi connectivity index (χ0) is 29.1. The van der Waals surface area contributed by atoms with Crippen LogP contribution in [-0.2, 0) is 6.54 Å². The summed E-state index contributed by atoms with van der Waals surface area (Å²) in [6.07, 6.45) is 2.19. The Kier molecular flexibility index (Phi) is 10.8. The van der Waals surface area contributed by atoms with Gasteiger partial charge in [0, 0.05) is 37.4 Å². The third kappa shape index (κ3) is 7.93. The van der Waals surface area contributed by atoms with Crippen LogP contribution in [0.2, 0.25) is 0 Å². The first-order valence-corrected chi connectivity index (χ1v) is 13.2. The second-order valence-corrected chi connectivity index (χ2v) is 9.13. The van der Waals surface area contributed by atoms with Gasteiger partial charge in [-0.15, -0.1) is 0 Å². The molecule has 0 radical (unpaired) electrons. The molecule has 0 spiro atoms. The van der Waals surface area contributed by atoms with Gasteiger partial charge in [-0.25, -0.2) is 9.78 Å². The third-order valence-electron chi connectivity index (χ3n) is 6.13. The Bertz CT molecular complexity index is 1380. The van der Waals surface area contributed by atoms with Gasteiger partial charge in [0.1, 0.15) is 0 Å². The average molecular weight is 551 g/mol. The van der Waals surface area contributed by atoms with Crippen molar-refractivity contribution in [1.82, 2.24) is 20.2 Å². The molecule has 0 fully saturated rings. The predicted octanol–water partition coefficient (Wildman–Crippen LogP) is 1.87. The fourth-order valence-corrected chi connectivity index (χ4v) is 4.07. The molecule has 3 aromatic rings. The molecule has 0 saturated carbocycles. The van der Waals surface area contributed by atoms with Crippen molar-refractivity contribution in [2.45, 2.75) is 39.7 Å². The molecule has 3 rings (SSSR count). The summed E-state index contributed by atoms with van der Waals surface area (Å²) >= 11 is 0. The van der Waals surface area contributed by atoms with Gasteiger partial charge >= 0.3 is 6.03 Å². The summed E-state index contributed by atoms with van der Waals surface area (Å²) < 4.78 is 1.80. The van der Waals surface area contributed by atoms with E-state index in [1.165, 1.54) is 0 Å². The van der Waals surface area contributed by atoms with Crippen molar-refractivity contribution in [2.24, 2.45) is 22.2 Å². The number of rotatable bonds is 13. The highest BCUT2D eigenvalue weighted by molar-refractivity contribution is 6.08. The summed E-state index contributed by atoms with van der Waals surface area (Å²) in [5.74, 6) is -0.290. The van der Waals surface area contributed by atoms with Crippen LogP contribution < -0.4 is 38.5 Å². The standard InChI is InChI=1S/C27H38N10O3/c1-3-37-22-19(24(39)31-13-5-4-12-28)8-6-9-20(22)34-26(37)36-23(38)18-11-10-17(2)21(16-18)35-27(40)33-15-7-14-32-25(29)30/h6,8-11,16H,3-5,7,12-15,28H2,1-2H3,(H,31,39)(H4,29,30,32)(H2,33,35,40)(H,34,36,38). The number of carbonyl (C=O) groups excluding carboxylic acids is 3. The highest BCUT2D eigenvalue weighted by Crippen LogP contribution is 2.25. The minimum absolute atomic E-state index is 0.00432. The highest BCUT2D eigenvalue weighted by atomic mass is 16.2. The summed E-state index contributed by atoms with van der Waals surface area (Å²) in [7, 11) is 0. The maximum absolute atomic E-state index is 13.2. The van der Waals surface area contributed by atoms with E-state index >= 15 is 0 Å². The van der Waals surface area contributed by atoms with Gasteiger partial charge in [-0.1, -0.05) is 12.1 Å². The van der Waals surface area contributed by atoms with Crippen LogP contribution in [0.5, 0.6) is 0 Å². The number of amides is 4. The number of aryl methyl sites for hydroxylation is 2. The molecule has 2 aromatic carbocycles. The minimum Gasteiger partial charge on any atom is -0.370 e. The number of fused-ring (bicyclic) bond motifs is 1. The van der Waals surface area contributed by atoms with Gasteiger partial charge in [0.2, 0.25) is 5.95 Å². The molecule has 0 bridgehead atoms. The van der Waals surface area contributed by atoms with Gasteiger partial charge in [0.15, 0.2) is 5.96 Å². The fourth-order valence-electron chi connectivity index (χ4n) is 4.07. The molecule has 10 N–H and O–H groups in total. The second kappa shape index (κ2) is 14.5. The summed E-state index contributed by atoms with van der Waals surface area (Å²) in [6, 6.07) is 9.91. The summed E-state index contributed by atoms with van der Waals surface area (Å²) in [4.78, 5) is 46.9.